The smallest absolute Gasteiger partial charge is 0.243 e. The van der Waals surface area contributed by atoms with Crippen LogP contribution in [0.4, 0.5) is 11.4 Å². The lowest BCUT2D eigenvalue weighted by Crippen LogP contribution is -2.22. The zero-order valence-corrected chi connectivity index (χ0v) is 14.4. The molecule has 4 nitrogen and oxygen atoms in total. The van der Waals surface area contributed by atoms with Gasteiger partial charge in [0.25, 0.3) is 0 Å². The van der Waals surface area contributed by atoms with E-state index in [9.17, 15) is 4.79 Å². The van der Waals surface area contributed by atoms with E-state index >= 15 is 0 Å². The minimum Gasteiger partial charge on any atom is -0.489 e. The second-order valence-corrected chi connectivity index (χ2v) is 5.98. The monoisotopic (exact) mass is 352 g/mol. The summed E-state index contributed by atoms with van der Waals surface area (Å²) >= 11 is 12.1. The highest BCUT2D eigenvalue weighted by Crippen LogP contribution is 2.29. The van der Waals surface area contributed by atoms with E-state index in [0.29, 0.717) is 27.2 Å². The fraction of sp³-hybridized carbons (Fsp3) is 0.235. The number of amides is 1. The van der Waals surface area contributed by atoms with Crippen molar-refractivity contribution in [2.45, 2.75) is 20.0 Å². The summed E-state index contributed by atoms with van der Waals surface area (Å²) in [6.45, 7) is 3.90. The van der Waals surface area contributed by atoms with Crippen molar-refractivity contribution in [2.24, 2.45) is 0 Å². The maximum absolute atomic E-state index is 12.1. The van der Waals surface area contributed by atoms with E-state index in [4.69, 9.17) is 27.9 Å². The Morgan fingerprint density at radius 2 is 1.74 bits per heavy atom. The SMILES string of the molecule is CC(C)Oc1ccccc1NC(=O)CNc1c(Cl)cccc1Cl. The molecule has 2 aromatic carbocycles. The van der Waals surface area contributed by atoms with Crippen LogP contribution in [0.5, 0.6) is 5.75 Å². The van der Waals surface area contributed by atoms with Crippen LogP contribution in [0.15, 0.2) is 42.5 Å². The minimum absolute atomic E-state index is 0.0214. The van der Waals surface area contributed by atoms with Crippen molar-refractivity contribution in [3.8, 4) is 5.75 Å². The van der Waals surface area contributed by atoms with Crippen LogP contribution in [0.1, 0.15) is 13.8 Å². The Balaban J connectivity index is 2.00. The van der Waals surface area contributed by atoms with E-state index in [-0.39, 0.29) is 18.6 Å². The number of halogens is 2. The summed E-state index contributed by atoms with van der Waals surface area (Å²) < 4.78 is 5.67. The average molecular weight is 353 g/mol. The predicted molar refractivity (Wildman–Crippen MR) is 95.8 cm³/mol. The molecule has 0 radical (unpaired) electrons. The normalized spacial score (nSPS) is 10.5. The summed E-state index contributed by atoms with van der Waals surface area (Å²) in [4.78, 5) is 12.1. The first kappa shape index (κ1) is 17.4. The predicted octanol–water partition coefficient (Wildman–Crippen LogP) is 4.83. The van der Waals surface area contributed by atoms with Crippen LogP contribution in [0.3, 0.4) is 0 Å². The van der Waals surface area contributed by atoms with Gasteiger partial charge in [0.2, 0.25) is 5.91 Å². The van der Waals surface area contributed by atoms with Crippen molar-refractivity contribution < 1.29 is 9.53 Å². The van der Waals surface area contributed by atoms with Crippen LogP contribution in [0, 0.1) is 0 Å². The summed E-state index contributed by atoms with van der Waals surface area (Å²) in [6.07, 6.45) is 0.0214. The third kappa shape index (κ3) is 5.05. The maximum atomic E-state index is 12.1. The number of hydrogen-bond acceptors (Lipinski definition) is 3. The van der Waals surface area contributed by atoms with Gasteiger partial charge in [0, 0.05) is 0 Å². The standard InChI is InChI=1S/C17H18Cl2N2O2/c1-11(2)23-15-9-4-3-8-14(15)21-16(22)10-20-17-12(18)6-5-7-13(17)19/h3-9,11,20H,10H2,1-2H3,(H,21,22). The maximum Gasteiger partial charge on any atom is 0.243 e. The molecule has 0 aliphatic heterocycles. The summed E-state index contributed by atoms with van der Waals surface area (Å²) in [6, 6.07) is 12.5. The van der Waals surface area contributed by atoms with Gasteiger partial charge in [0.15, 0.2) is 0 Å². The van der Waals surface area contributed by atoms with E-state index < -0.39 is 0 Å². The van der Waals surface area contributed by atoms with Gasteiger partial charge in [-0.05, 0) is 38.1 Å². The fourth-order valence-electron chi connectivity index (χ4n) is 1.96. The quantitative estimate of drug-likeness (QED) is 0.782. The summed E-state index contributed by atoms with van der Waals surface area (Å²) in [5.41, 5.74) is 1.16. The second kappa shape index (κ2) is 8.09. The molecule has 0 aromatic heterocycles. The van der Waals surface area contributed by atoms with Gasteiger partial charge in [-0.2, -0.15) is 0 Å². The number of ether oxygens (including phenoxy) is 1. The summed E-state index contributed by atoms with van der Waals surface area (Å²) in [5.74, 6) is 0.410. The van der Waals surface area contributed by atoms with E-state index in [1.54, 1.807) is 24.3 Å². The van der Waals surface area contributed by atoms with E-state index in [2.05, 4.69) is 10.6 Å². The van der Waals surface area contributed by atoms with Crippen LogP contribution in [-0.2, 0) is 4.79 Å². The number of nitrogens with one attached hydrogen (secondary N) is 2. The Morgan fingerprint density at radius 1 is 1.09 bits per heavy atom. The number of rotatable bonds is 6. The molecule has 0 aliphatic rings. The molecule has 1 amide bonds. The molecule has 0 fully saturated rings. The summed E-state index contributed by atoms with van der Waals surface area (Å²) in [5, 5.41) is 6.69. The van der Waals surface area contributed by atoms with Crippen LogP contribution in [0.2, 0.25) is 10.0 Å². The van der Waals surface area contributed by atoms with E-state index in [1.807, 2.05) is 32.0 Å². The van der Waals surface area contributed by atoms with Gasteiger partial charge in [-0.25, -0.2) is 0 Å². The van der Waals surface area contributed by atoms with Crippen molar-refractivity contribution in [1.82, 2.24) is 0 Å². The van der Waals surface area contributed by atoms with Gasteiger partial charge in [0.1, 0.15) is 5.75 Å². The largest absolute Gasteiger partial charge is 0.489 e. The molecule has 0 spiro atoms. The lowest BCUT2D eigenvalue weighted by atomic mass is 10.2. The zero-order valence-electron chi connectivity index (χ0n) is 12.9. The first-order valence-electron chi connectivity index (χ1n) is 7.21. The lowest BCUT2D eigenvalue weighted by molar-refractivity contribution is -0.114. The highest BCUT2D eigenvalue weighted by molar-refractivity contribution is 6.39. The van der Waals surface area contributed by atoms with Gasteiger partial charge < -0.3 is 15.4 Å². The van der Waals surface area contributed by atoms with Crippen molar-refractivity contribution in [2.75, 3.05) is 17.2 Å². The number of hydrogen-bond donors (Lipinski definition) is 2. The van der Waals surface area contributed by atoms with Crippen molar-refractivity contribution in [3.05, 3.63) is 52.5 Å². The number of carbonyl (C=O) groups excluding carboxylic acids is 1. The number of benzene rings is 2. The Labute approximate surface area is 145 Å². The third-order valence-corrected chi connectivity index (χ3v) is 3.54. The van der Waals surface area contributed by atoms with Crippen LogP contribution >= 0.6 is 23.2 Å². The Bertz CT molecular complexity index is 670. The molecule has 0 saturated carbocycles. The Morgan fingerprint density at radius 3 is 2.39 bits per heavy atom. The molecule has 0 saturated heterocycles. The first-order chi connectivity index (χ1) is 11.0. The first-order valence-corrected chi connectivity index (χ1v) is 7.96. The van der Waals surface area contributed by atoms with Crippen molar-refractivity contribution in [1.29, 1.82) is 0 Å². The third-order valence-electron chi connectivity index (χ3n) is 2.91. The van der Waals surface area contributed by atoms with Crippen LogP contribution < -0.4 is 15.4 Å². The Hall–Kier alpha value is -1.91. The second-order valence-electron chi connectivity index (χ2n) is 5.16. The Kier molecular flexibility index (Phi) is 6.13. The van der Waals surface area contributed by atoms with E-state index in [0.717, 1.165) is 0 Å². The molecule has 0 atom stereocenters. The fourth-order valence-corrected chi connectivity index (χ4v) is 2.49. The highest BCUT2D eigenvalue weighted by Gasteiger charge is 2.10. The summed E-state index contributed by atoms with van der Waals surface area (Å²) in [7, 11) is 0. The topological polar surface area (TPSA) is 50.4 Å². The van der Waals surface area contributed by atoms with Crippen molar-refractivity contribution in [3.63, 3.8) is 0 Å². The molecule has 0 bridgehead atoms. The molecule has 0 aliphatic carbocycles. The van der Waals surface area contributed by atoms with Gasteiger partial charge in [0.05, 0.1) is 34.1 Å². The molecule has 0 unspecified atom stereocenters. The molecule has 6 heteroatoms. The number of anilines is 2. The van der Waals surface area contributed by atoms with Crippen LogP contribution in [-0.4, -0.2) is 18.6 Å². The van der Waals surface area contributed by atoms with Crippen LogP contribution in [0.25, 0.3) is 0 Å². The average Bonchev–Trinajstić information content (AvgIpc) is 2.48. The van der Waals surface area contributed by atoms with Crippen molar-refractivity contribution >= 4 is 40.5 Å². The van der Waals surface area contributed by atoms with Gasteiger partial charge in [-0.3, -0.25) is 4.79 Å². The lowest BCUT2D eigenvalue weighted by Gasteiger charge is -2.15. The molecule has 2 N–H and O–H groups in total. The van der Waals surface area contributed by atoms with E-state index in [1.165, 1.54) is 0 Å². The number of carbonyl (C=O) groups is 1. The molecule has 122 valence electrons. The molecule has 0 heterocycles. The van der Waals surface area contributed by atoms with Gasteiger partial charge in [-0.1, -0.05) is 41.4 Å². The number of para-hydroxylation sites is 3. The molecular formula is C17H18Cl2N2O2. The van der Waals surface area contributed by atoms with Gasteiger partial charge >= 0.3 is 0 Å². The van der Waals surface area contributed by atoms with Gasteiger partial charge in [-0.15, -0.1) is 0 Å². The minimum atomic E-state index is -0.221. The zero-order chi connectivity index (χ0) is 16.8. The highest BCUT2D eigenvalue weighted by atomic mass is 35.5. The molecule has 2 aromatic rings. The molecular weight excluding hydrogens is 335 g/mol. The molecule has 2 rings (SSSR count). The molecule has 23 heavy (non-hydrogen) atoms.